The Bertz CT molecular complexity index is 629. The number of hydrogen-bond acceptors (Lipinski definition) is 5. The van der Waals surface area contributed by atoms with Gasteiger partial charge in [0, 0.05) is 17.7 Å². The Balaban J connectivity index is 2.69. The molecule has 8 heteroatoms. The van der Waals surface area contributed by atoms with Crippen molar-refractivity contribution in [3.63, 3.8) is 0 Å². The molecule has 2 N–H and O–H groups in total. The summed E-state index contributed by atoms with van der Waals surface area (Å²) in [7, 11) is 4.67. The molecule has 1 aromatic rings. The van der Waals surface area contributed by atoms with E-state index in [4.69, 9.17) is 21.1 Å². The number of benzene rings is 1. The maximum Gasteiger partial charge on any atom is 0.238 e. The average molecular weight is 372 g/mol. The highest BCUT2D eigenvalue weighted by atomic mass is 35.5. The number of ether oxygens (including phenoxy) is 2. The molecule has 1 rings (SSSR count). The molecule has 0 radical (unpaired) electrons. The van der Waals surface area contributed by atoms with Crippen molar-refractivity contribution in [3.05, 3.63) is 17.2 Å². The van der Waals surface area contributed by atoms with Crippen molar-refractivity contribution in [1.82, 2.24) is 10.2 Å². The lowest BCUT2D eigenvalue weighted by molar-refractivity contribution is -0.124. The van der Waals surface area contributed by atoms with Gasteiger partial charge in [0.2, 0.25) is 11.8 Å². The second-order valence-electron chi connectivity index (χ2n) is 6.71. The van der Waals surface area contributed by atoms with Crippen LogP contribution >= 0.6 is 11.6 Å². The normalized spacial score (nSPS) is 11.2. The van der Waals surface area contributed by atoms with Crippen molar-refractivity contribution < 1.29 is 19.1 Å². The van der Waals surface area contributed by atoms with Gasteiger partial charge in [0.1, 0.15) is 11.5 Å². The largest absolute Gasteiger partial charge is 0.495 e. The zero-order valence-electron chi connectivity index (χ0n) is 15.5. The Kier molecular flexibility index (Phi) is 7.51. The first-order valence-corrected chi connectivity index (χ1v) is 8.14. The second-order valence-corrected chi connectivity index (χ2v) is 7.11. The van der Waals surface area contributed by atoms with E-state index in [9.17, 15) is 9.59 Å². The monoisotopic (exact) mass is 371 g/mol. The minimum Gasteiger partial charge on any atom is -0.495 e. The molecule has 2 amide bonds. The van der Waals surface area contributed by atoms with Crippen molar-refractivity contribution in [3.8, 4) is 11.5 Å². The van der Waals surface area contributed by atoms with Crippen LogP contribution in [0.15, 0.2) is 12.1 Å². The molecule has 0 spiro atoms. The van der Waals surface area contributed by atoms with E-state index in [1.807, 2.05) is 20.8 Å². The van der Waals surface area contributed by atoms with Crippen LogP contribution in [0.5, 0.6) is 11.5 Å². The standard InChI is InChI=1S/C17H26ClN3O4/c1-17(2,3)20-16(23)10-21(4)9-15(22)19-12-8-13(24-5)11(18)7-14(12)25-6/h7-8H,9-10H2,1-6H3,(H,19,22)(H,20,23). The molecule has 0 heterocycles. The van der Waals surface area contributed by atoms with Crippen LogP contribution in [0.3, 0.4) is 0 Å². The van der Waals surface area contributed by atoms with Gasteiger partial charge in [-0.2, -0.15) is 0 Å². The molecule has 0 aliphatic rings. The number of halogens is 1. The highest BCUT2D eigenvalue weighted by molar-refractivity contribution is 6.32. The van der Waals surface area contributed by atoms with Gasteiger partial charge in [0.25, 0.3) is 0 Å². The van der Waals surface area contributed by atoms with Crippen LogP contribution in [0.2, 0.25) is 5.02 Å². The average Bonchev–Trinajstić information content (AvgIpc) is 2.45. The summed E-state index contributed by atoms with van der Waals surface area (Å²) in [6.45, 7) is 5.87. The van der Waals surface area contributed by atoms with E-state index in [-0.39, 0.29) is 30.4 Å². The molecule has 140 valence electrons. The van der Waals surface area contributed by atoms with E-state index in [0.29, 0.717) is 22.2 Å². The molecule has 0 aromatic heterocycles. The fourth-order valence-electron chi connectivity index (χ4n) is 2.15. The quantitative estimate of drug-likeness (QED) is 0.767. The Labute approximate surface area is 153 Å². The molecule has 0 unspecified atom stereocenters. The van der Waals surface area contributed by atoms with E-state index < -0.39 is 0 Å². The summed E-state index contributed by atoms with van der Waals surface area (Å²) in [5, 5.41) is 5.97. The molecular weight excluding hydrogens is 346 g/mol. The molecule has 7 nitrogen and oxygen atoms in total. The molecule has 25 heavy (non-hydrogen) atoms. The Morgan fingerprint density at radius 2 is 1.64 bits per heavy atom. The third-order valence-corrected chi connectivity index (χ3v) is 3.38. The Morgan fingerprint density at radius 1 is 1.08 bits per heavy atom. The predicted molar refractivity (Wildman–Crippen MR) is 98.6 cm³/mol. The van der Waals surface area contributed by atoms with Gasteiger partial charge in [0.15, 0.2) is 0 Å². The summed E-state index contributed by atoms with van der Waals surface area (Å²) >= 11 is 6.04. The fraction of sp³-hybridized carbons (Fsp3) is 0.529. The summed E-state index contributed by atoms with van der Waals surface area (Å²) in [6, 6.07) is 3.15. The fourth-order valence-corrected chi connectivity index (χ4v) is 2.38. The third-order valence-electron chi connectivity index (χ3n) is 3.09. The van der Waals surface area contributed by atoms with Gasteiger partial charge in [0.05, 0.1) is 38.0 Å². The number of nitrogens with zero attached hydrogens (tertiary/aromatic N) is 1. The number of carbonyl (C=O) groups excluding carboxylic acids is 2. The number of carbonyl (C=O) groups is 2. The molecule has 0 aliphatic carbocycles. The number of hydrogen-bond donors (Lipinski definition) is 2. The summed E-state index contributed by atoms with van der Waals surface area (Å²) in [5.41, 5.74) is 0.134. The van der Waals surface area contributed by atoms with Crippen LogP contribution in [0.1, 0.15) is 20.8 Å². The summed E-state index contributed by atoms with van der Waals surface area (Å²) in [4.78, 5) is 25.7. The molecule has 0 fully saturated rings. The van der Waals surface area contributed by atoms with Crippen LogP contribution in [0.4, 0.5) is 5.69 Å². The SMILES string of the molecule is COc1cc(NC(=O)CN(C)CC(=O)NC(C)(C)C)c(OC)cc1Cl. The van der Waals surface area contributed by atoms with Crippen molar-refractivity contribution in [2.24, 2.45) is 0 Å². The van der Waals surface area contributed by atoms with Crippen molar-refractivity contribution >= 4 is 29.1 Å². The van der Waals surface area contributed by atoms with E-state index in [0.717, 1.165) is 0 Å². The van der Waals surface area contributed by atoms with Gasteiger partial charge in [-0.15, -0.1) is 0 Å². The van der Waals surface area contributed by atoms with Gasteiger partial charge in [-0.25, -0.2) is 0 Å². The summed E-state index contributed by atoms with van der Waals surface area (Å²) in [6.07, 6.45) is 0. The maximum absolute atomic E-state index is 12.2. The zero-order chi connectivity index (χ0) is 19.2. The third kappa shape index (κ3) is 7.19. The minimum absolute atomic E-state index is 0.0473. The number of rotatable bonds is 7. The van der Waals surface area contributed by atoms with Gasteiger partial charge < -0.3 is 20.1 Å². The van der Waals surface area contributed by atoms with Crippen LogP contribution < -0.4 is 20.1 Å². The zero-order valence-corrected chi connectivity index (χ0v) is 16.3. The van der Waals surface area contributed by atoms with E-state index >= 15 is 0 Å². The van der Waals surface area contributed by atoms with Gasteiger partial charge in [-0.3, -0.25) is 14.5 Å². The molecule has 0 saturated carbocycles. The predicted octanol–water partition coefficient (Wildman–Crippen LogP) is 2.14. The van der Waals surface area contributed by atoms with E-state index in [1.54, 1.807) is 24.1 Å². The number of likely N-dealkylation sites (N-methyl/N-ethyl adjacent to an activating group) is 1. The lowest BCUT2D eigenvalue weighted by atomic mass is 10.1. The molecule has 0 aliphatic heterocycles. The van der Waals surface area contributed by atoms with Crippen LogP contribution in [-0.2, 0) is 9.59 Å². The number of amides is 2. The van der Waals surface area contributed by atoms with Gasteiger partial charge >= 0.3 is 0 Å². The maximum atomic E-state index is 12.2. The van der Waals surface area contributed by atoms with Crippen LogP contribution in [0.25, 0.3) is 0 Å². The van der Waals surface area contributed by atoms with Gasteiger partial charge in [-0.05, 0) is 27.8 Å². The lowest BCUT2D eigenvalue weighted by Gasteiger charge is -2.23. The number of nitrogens with one attached hydrogen (secondary N) is 2. The number of anilines is 1. The number of methoxy groups -OCH3 is 2. The Morgan fingerprint density at radius 3 is 2.16 bits per heavy atom. The van der Waals surface area contributed by atoms with Crippen molar-refractivity contribution in [2.75, 3.05) is 39.7 Å². The highest BCUT2D eigenvalue weighted by Gasteiger charge is 2.17. The minimum atomic E-state index is -0.312. The first kappa shape index (κ1) is 21.1. The molecule has 0 bridgehead atoms. The van der Waals surface area contributed by atoms with Gasteiger partial charge in [-0.1, -0.05) is 11.6 Å². The van der Waals surface area contributed by atoms with E-state index in [1.165, 1.54) is 14.2 Å². The van der Waals surface area contributed by atoms with E-state index in [2.05, 4.69) is 10.6 Å². The Hall–Kier alpha value is -1.99. The first-order chi connectivity index (χ1) is 11.6. The summed E-state index contributed by atoms with van der Waals surface area (Å²) < 4.78 is 10.4. The molecule has 0 saturated heterocycles. The first-order valence-electron chi connectivity index (χ1n) is 7.76. The molecular formula is C17H26ClN3O4. The smallest absolute Gasteiger partial charge is 0.238 e. The topological polar surface area (TPSA) is 79.9 Å². The van der Waals surface area contributed by atoms with Crippen LogP contribution in [-0.4, -0.2) is 56.6 Å². The van der Waals surface area contributed by atoms with Crippen LogP contribution in [0, 0.1) is 0 Å². The molecule has 0 atom stereocenters. The summed E-state index contributed by atoms with van der Waals surface area (Å²) in [5.74, 6) is 0.422. The van der Waals surface area contributed by atoms with Crippen molar-refractivity contribution in [2.45, 2.75) is 26.3 Å². The molecule has 1 aromatic carbocycles. The van der Waals surface area contributed by atoms with Crippen molar-refractivity contribution in [1.29, 1.82) is 0 Å². The second kappa shape index (κ2) is 8.92. The highest BCUT2D eigenvalue weighted by Crippen LogP contribution is 2.35. The lowest BCUT2D eigenvalue weighted by Crippen LogP contribution is -2.46.